The van der Waals surface area contributed by atoms with E-state index >= 15 is 0 Å². The van der Waals surface area contributed by atoms with E-state index in [1.807, 2.05) is 19.0 Å². The summed E-state index contributed by atoms with van der Waals surface area (Å²) in [6.45, 7) is 1.63. The number of rotatable bonds is 4. The molecule has 0 saturated carbocycles. The lowest BCUT2D eigenvalue weighted by molar-refractivity contribution is -0.991. The average molecular weight is 319 g/mol. The molecule has 2 atom stereocenters. The van der Waals surface area contributed by atoms with Gasteiger partial charge >= 0.3 is 6.18 Å². The van der Waals surface area contributed by atoms with Crippen LogP contribution in [0.2, 0.25) is 0 Å². The average Bonchev–Trinajstić information content (AvgIpc) is 2.86. The normalized spacial score (nSPS) is 21.5. The Hall–Kier alpha value is -1.19. The van der Waals surface area contributed by atoms with Gasteiger partial charge in [-0.1, -0.05) is 6.07 Å². The fraction of sp³-hybridized carbons (Fsp3) is 0.571. The van der Waals surface area contributed by atoms with E-state index < -0.39 is 17.0 Å². The fourth-order valence-electron chi connectivity index (χ4n) is 2.73. The molecule has 1 saturated heterocycles. The lowest BCUT2D eigenvalue weighted by Gasteiger charge is -2.22. The standard InChI is InChI=1S/C14H20F3N3O2/c1-18(2)12-5-6-19(9-12)8-10-3-4-11(20(21)22)7-13(10)14(15,16)17/h3-4,7,12,20-21H,5-6,8-9H2,1-2H3/t12-/m0/s1. The Kier molecular flexibility index (Phi) is 5.08. The zero-order valence-electron chi connectivity index (χ0n) is 12.5. The quantitative estimate of drug-likeness (QED) is 0.820. The first-order valence-corrected chi connectivity index (χ1v) is 7.00. The van der Waals surface area contributed by atoms with Crippen LogP contribution in [0.5, 0.6) is 0 Å². The maximum Gasteiger partial charge on any atom is 0.416 e. The Labute approximate surface area is 127 Å². The monoisotopic (exact) mass is 319 g/mol. The molecule has 1 unspecified atom stereocenters. The van der Waals surface area contributed by atoms with Crippen LogP contribution < -0.4 is 5.23 Å². The molecule has 1 aromatic rings. The first kappa shape index (κ1) is 17.2. The van der Waals surface area contributed by atoms with Crippen LogP contribution in [0.15, 0.2) is 18.2 Å². The number of hydrogen-bond donors (Lipinski definition) is 2. The molecule has 124 valence electrons. The van der Waals surface area contributed by atoms with Gasteiger partial charge in [0, 0.05) is 37.8 Å². The van der Waals surface area contributed by atoms with Crippen molar-refractivity contribution in [2.75, 3.05) is 27.2 Å². The van der Waals surface area contributed by atoms with E-state index in [0.29, 0.717) is 12.6 Å². The third-order valence-electron chi connectivity index (χ3n) is 4.03. The molecule has 0 aromatic heterocycles. The summed E-state index contributed by atoms with van der Waals surface area (Å²) in [5.41, 5.74) is -1.08. The summed E-state index contributed by atoms with van der Waals surface area (Å²) in [4.78, 5) is 4.04. The summed E-state index contributed by atoms with van der Waals surface area (Å²) in [6.07, 6.45) is -3.64. The van der Waals surface area contributed by atoms with Gasteiger partial charge in [-0.05, 0) is 26.1 Å². The summed E-state index contributed by atoms with van der Waals surface area (Å²) < 4.78 is 39.5. The summed E-state index contributed by atoms with van der Waals surface area (Å²) in [5, 5.41) is 18.4. The highest BCUT2D eigenvalue weighted by atomic mass is 19.4. The van der Waals surface area contributed by atoms with Crippen LogP contribution in [0.3, 0.4) is 0 Å². The topological polar surface area (TPSA) is 54.2 Å². The van der Waals surface area contributed by atoms with E-state index in [9.17, 15) is 18.4 Å². The van der Waals surface area contributed by atoms with Crippen LogP contribution >= 0.6 is 0 Å². The number of nitrogens with one attached hydrogen (secondary N) is 1. The van der Waals surface area contributed by atoms with Gasteiger partial charge in [0.05, 0.1) is 5.56 Å². The minimum absolute atomic E-state index is 0.122. The molecular weight excluding hydrogens is 299 g/mol. The van der Waals surface area contributed by atoms with E-state index in [1.165, 1.54) is 12.1 Å². The molecule has 0 radical (unpaired) electrons. The predicted octanol–water partition coefficient (Wildman–Crippen LogP) is 1.24. The van der Waals surface area contributed by atoms with Gasteiger partial charge in [0.15, 0.2) is 5.69 Å². The number of hydrogen-bond acceptors (Lipinski definition) is 4. The van der Waals surface area contributed by atoms with E-state index in [2.05, 4.69) is 4.90 Å². The molecule has 2 rings (SSSR count). The van der Waals surface area contributed by atoms with Crippen molar-refractivity contribution in [2.24, 2.45) is 0 Å². The summed E-state index contributed by atoms with van der Waals surface area (Å²) in [5.74, 6) is 0. The molecule has 0 amide bonds. The van der Waals surface area contributed by atoms with Gasteiger partial charge in [-0.3, -0.25) is 4.90 Å². The van der Waals surface area contributed by atoms with Gasteiger partial charge < -0.3 is 10.1 Å². The van der Waals surface area contributed by atoms with Crippen molar-refractivity contribution in [3.05, 3.63) is 34.5 Å². The highest BCUT2D eigenvalue weighted by molar-refractivity contribution is 5.41. The van der Waals surface area contributed by atoms with E-state index in [4.69, 9.17) is 5.21 Å². The third kappa shape index (κ3) is 3.96. The van der Waals surface area contributed by atoms with Crippen molar-refractivity contribution in [3.63, 3.8) is 0 Å². The zero-order valence-corrected chi connectivity index (χ0v) is 12.5. The van der Waals surface area contributed by atoms with Crippen molar-refractivity contribution in [3.8, 4) is 0 Å². The summed E-state index contributed by atoms with van der Waals surface area (Å²) >= 11 is 0. The van der Waals surface area contributed by atoms with Gasteiger partial charge in [-0.25, -0.2) is 5.21 Å². The van der Waals surface area contributed by atoms with Crippen LogP contribution in [0.1, 0.15) is 17.5 Å². The third-order valence-corrected chi connectivity index (χ3v) is 4.03. The molecule has 5 nitrogen and oxygen atoms in total. The largest absolute Gasteiger partial charge is 0.595 e. The van der Waals surface area contributed by atoms with Gasteiger partial charge in [0.1, 0.15) is 0 Å². The van der Waals surface area contributed by atoms with Crippen LogP contribution in [-0.4, -0.2) is 48.2 Å². The minimum Gasteiger partial charge on any atom is -0.595 e. The number of alkyl halides is 3. The minimum atomic E-state index is -4.55. The zero-order chi connectivity index (χ0) is 16.5. The molecule has 2 N–H and O–H groups in total. The predicted molar refractivity (Wildman–Crippen MR) is 74.6 cm³/mol. The lowest BCUT2D eigenvalue weighted by atomic mass is 10.1. The van der Waals surface area contributed by atoms with Crippen LogP contribution in [-0.2, 0) is 12.7 Å². The lowest BCUT2D eigenvalue weighted by Crippen LogP contribution is -2.99. The van der Waals surface area contributed by atoms with Crippen molar-refractivity contribution in [1.82, 2.24) is 9.80 Å². The van der Waals surface area contributed by atoms with E-state index in [1.54, 1.807) is 0 Å². The molecular formula is C14H20F3N3O2. The number of likely N-dealkylation sites (tertiary alicyclic amines) is 1. The second-order valence-electron chi connectivity index (χ2n) is 5.82. The number of likely N-dealkylation sites (N-methyl/N-ethyl adjacent to an activating group) is 1. The molecule has 1 heterocycles. The van der Waals surface area contributed by atoms with Gasteiger partial charge in [-0.2, -0.15) is 18.4 Å². The summed E-state index contributed by atoms with van der Waals surface area (Å²) in [7, 11) is 3.91. The van der Waals surface area contributed by atoms with Crippen molar-refractivity contribution < 1.29 is 23.6 Å². The van der Waals surface area contributed by atoms with E-state index in [0.717, 1.165) is 19.0 Å². The van der Waals surface area contributed by atoms with Gasteiger partial charge in [0.25, 0.3) is 0 Å². The van der Waals surface area contributed by atoms with Crippen LogP contribution in [0.4, 0.5) is 18.9 Å². The molecule has 8 heteroatoms. The van der Waals surface area contributed by atoms with Crippen LogP contribution in [0, 0.1) is 5.21 Å². The Bertz CT molecular complexity index is 521. The highest BCUT2D eigenvalue weighted by Crippen LogP contribution is 2.34. The molecule has 0 aliphatic carbocycles. The fourth-order valence-corrected chi connectivity index (χ4v) is 2.73. The maximum atomic E-state index is 13.2. The van der Waals surface area contributed by atoms with Gasteiger partial charge in [0.2, 0.25) is 0 Å². The molecule has 22 heavy (non-hydrogen) atoms. The number of quaternary nitrogens is 1. The molecule has 1 aliphatic heterocycles. The Morgan fingerprint density at radius 1 is 1.41 bits per heavy atom. The number of benzene rings is 1. The van der Waals surface area contributed by atoms with Crippen molar-refractivity contribution >= 4 is 5.69 Å². The molecule has 1 aromatic carbocycles. The van der Waals surface area contributed by atoms with Crippen molar-refractivity contribution in [2.45, 2.75) is 25.2 Å². The second-order valence-corrected chi connectivity index (χ2v) is 5.82. The van der Waals surface area contributed by atoms with Gasteiger partial charge in [-0.15, -0.1) is 0 Å². The molecule has 1 aliphatic rings. The number of halogens is 3. The Morgan fingerprint density at radius 2 is 2.09 bits per heavy atom. The SMILES string of the molecule is CN(C)[C@H]1CCN(Cc2ccc([NH+]([O-])O)cc2C(F)(F)F)C1. The second kappa shape index (κ2) is 6.51. The highest BCUT2D eigenvalue weighted by Gasteiger charge is 2.35. The maximum absolute atomic E-state index is 13.2. The van der Waals surface area contributed by atoms with Crippen molar-refractivity contribution in [1.29, 1.82) is 0 Å². The molecule has 0 spiro atoms. The van der Waals surface area contributed by atoms with Crippen LogP contribution in [0.25, 0.3) is 0 Å². The Morgan fingerprint density at radius 3 is 2.59 bits per heavy atom. The smallest absolute Gasteiger partial charge is 0.416 e. The first-order chi connectivity index (χ1) is 10.2. The van der Waals surface area contributed by atoms with E-state index in [-0.39, 0.29) is 17.8 Å². The molecule has 1 fully saturated rings. The Balaban J connectivity index is 2.20. The molecule has 0 bridgehead atoms. The summed E-state index contributed by atoms with van der Waals surface area (Å²) in [6, 6.07) is 3.56. The first-order valence-electron chi connectivity index (χ1n) is 7.00. The number of nitrogens with zero attached hydrogens (tertiary/aromatic N) is 2.